The number of hydrogen-bond donors (Lipinski definition) is 1. The van der Waals surface area contributed by atoms with Crippen LogP contribution < -0.4 is 10.0 Å². The van der Waals surface area contributed by atoms with Crippen LogP contribution in [0, 0.1) is 22.2 Å². The lowest BCUT2D eigenvalue weighted by Crippen LogP contribution is -2.36. The molecule has 0 bridgehead atoms. The number of nitrogens with zero attached hydrogens (tertiary/aromatic N) is 2. The number of aryl methyl sites for hydroxylation is 1. The van der Waals surface area contributed by atoms with Crippen molar-refractivity contribution in [1.29, 1.82) is 0 Å². The fraction of sp³-hybridized carbons (Fsp3) is 0.0952. The Kier molecular flexibility index (Phi) is 6.02. The van der Waals surface area contributed by atoms with Gasteiger partial charge in [0.25, 0.3) is 11.6 Å². The number of nitro benzene ring substituents is 1. The minimum atomic E-state index is -1.43. The number of benzene rings is 2. The molecule has 0 radical (unpaired) electrons. The number of ether oxygens (including phenoxy) is 1. The van der Waals surface area contributed by atoms with E-state index in [-0.39, 0.29) is 17.1 Å². The topological polar surface area (TPSA) is 125 Å². The molecule has 0 aliphatic heterocycles. The van der Waals surface area contributed by atoms with Gasteiger partial charge in [0.2, 0.25) is 6.10 Å². The zero-order valence-corrected chi connectivity index (χ0v) is 15.8. The van der Waals surface area contributed by atoms with Crippen LogP contribution in [0.25, 0.3) is 0 Å². The molecule has 0 unspecified atom stereocenters. The van der Waals surface area contributed by atoms with E-state index in [4.69, 9.17) is 4.74 Å². The summed E-state index contributed by atoms with van der Waals surface area (Å²) < 4.78 is 5.65. The van der Waals surface area contributed by atoms with Crippen molar-refractivity contribution in [2.75, 3.05) is 5.32 Å². The summed E-state index contributed by atoms with van der Waals surface area (Å²) in [5.41, 5.74) is 0.363. The molecule has 0 aliphatic rings. The maximum absolute atomic E-state index is 12.9. The van der Waals surface area contributed by atoms with Crippen molar-refractivity contribution in [2.24, 2.45) is 0 Å². The standard InChI is InChI=1S/C21H17N3O6/c1-14-10-11-16(18(13-14)24(28)29)22-20(25)19(15-7-3-2-4-8-15)30-21(26)17-9-5-6-12-23(17)27/h2-13,19H,1H3,(H,22,25)/t19-/m1/s1. The largest absolute Gasteiger partial charge is 0.618 e. The fourth-order valence-electron chi connectivity index (χ4n) is 2.75. The number of pyridine rings is 1. The molecule has 1 N–H and O–H groups in total. The average Bonchev–Trinajstić information content (AvgIpc) is 2.73. The van der Waals surface area contributed by atoms with Crippen molar-refractivity contribution in [2.45, 2.75) is 13.0 Å². The van der Waals surface area contributed by atoms with Crippen molar-refractivity contribution < 1.29 is 24.0 Å². The molecule has 2 aromatic carbocycles. The zero-order chi connectivity index (χ0) is 21.7. The number of carbonyl (C=O) groups excluding carboxylic acids is 2. The minimum absolute atomic E-state index is 0.0359. The van der Waals surface area contributed by atoms with E-state index in [1.807, 2.05) is 0 Å². The molecule has 152 valence electrons. The Bertz CT molecular complexity index is 1100. The smallest absolute Gasteiger partial charge is 0.406 e. The van der Waals surface area contributed by atoms with E-state index in [2.05, 4.69) is 5.32 Å². The van der Waals surface area contributed by atoms with E-state index in [1.165, 1.54) is 30.3 Å². The number of nitrogens with one attached hydrogen (secondary N) is 1. The Labute approximate surface area is 171 Å². The lowest BCUT2D eigenvalue weighted by atomic mass is 10.1. The van der Waals surface area contributed by atoms with E-state index in [0.717, 1.165) is 6.20 Å². The SMILES string of the molecule is Cc1ccc(NC(=O)[C@H](OC(=O)c2cccc[n+]2[O-])c2ccccc2)c([N+](=O)[O-])c1. The molecular weight excluding hydrogens is 390 g/mol. The van der Waals surface area contributed by atoms with Gasteiger partial charge in [-0.1, -0.05) is 36.4 Å². The monoisotopic (exact) mass is 407 g/mol. The van der Waals surface area contributed by atoms with Crippen LogP contribution in [-0.2, 0) is 9.53 Å². The highest BCUT2D eigenvalue weighted by atomic mass is 16.6. The first-order chi connectivity index (χ1) is 14.4. The summed E-state index contributed by atoms with van der Waals surface area (Å²) in [6.45, 7) is 1.69. The van der Waals surface area contributed by atoms with Gasteiger partial charge in [-0.05, 0) is 24.6 Å². The second kappa shape index (κ2) is 8.82. The van der Waals surface area contributed by atoms with Crippen molar-refractivity contribution in [3.05, 3.63) is 105 Å². The highest BCUT2D eigenvalue weighted by Crippen LogP contribution is 2.28. The van der Waals surface area contributed by atoms with Gasteiger partial charge < -0.3 is 15.3 Å². The Morgan fingerprint density at radius 3 is 2.43 bits per heavy atom. The highest BCUT2D eigenvalue weighted by Gasteiger charge is 2.30. The van der Waals surface area contributed by atoms with Gasteiger partial charge in [-0.15, -0.1) is 0 Å². The van der Waals surface area contributed by atoms with Crippen LogP contribution in [0.15, 0.2) is 72.9 Å². The van der Waals surface area contributed by atoms with Gasteiger partial charge in [0.15, 0.2) is 6.20 Å². The van der Waals surface area contributed by atoms with E-state index in [1.54, 1.807) is 43.3 Å². The summed E-state index contributed by atoms with van der Waals surface area (Å²) in [4.78, 5) is 36.1. The maximum Gasteiger partial charge on any atom is 0.406 e. The van der Waals surface area contributed by atoms with Gasteiger partial charge in [-0.2, -0.15) is 4.73 Å². The normalized spacial score (nSPS) is 11.4. The molecule has 0 fully saturated rings. The number of amides is 1. The summed E-state index contributed by atoms with van der Waals surface area (Å²) >= 11 is 0. The fourth-order valence-corrected chi connectivity index (χ4v) is 2.75. The van der Waals surface area contributed by atoms with E-state index >= 15 is 0 Å². The lowest BCUT2D eigenvalue weighted by molar-refractivity contribution is -0.608. The quantitative estimate of drug-likeness (QED) is 0.220. The third-order valence-corrected chi connectivity index (χ3v) is 4.21. The Hall–Kier alpha value is -4.27. The molecule has 1 amide bonds. The van der Waals surface area contributed by atoms with Crippen LogP contribution in [0.2, 0.25) is 0 Å². The third kappa shape index (κ3) is 4.58. The molecule has 0 saturated carbocycles. The summed E-state index contributed by atoms with van der Waals surface area (Å²) in [7, 11) is 0. The number of nitro groups is 1. The first-order valence-corrected chi connectivity index (χ1v) is 8.87. The molecule has 1 aromatic heterocycles. The number of rotatable bonds is 6. The molecular formula is C21H17N3O6. The number of esters is 1. The molecule has 9 heteroatoms. The maximum atomic E-state index is 12.9. The summed E-state index contributed by atoms with van der Waals surface area (Å²) in [5.74, 6) is -1.80. The molecule has 0 saturated heterocycles. The molecule has 9 nitrogen and oxygen atoms in total. The van der Waals surface area contributed by atoms with Crippen LogP contribution >= 0.6 is 0 Å². The molecule has 3 aromatic rings. The Morgan fingerprint density at radius 2 is 1.77 bits per heavy atom. The predicted octanol–water partition coefficient (Wildman–Crippen LogP) is 3.07. The van der Waals surface area contributed by atoms with Crippen LogP contribution in [0.4, 0.5) is 11.4 Å². The highest BCUT2D eigenvalue weighted by molar-refractivity contribution is 5.98. The van der Waals surface area contributed by atoms with E-state index in [0.29, 0.717) is 15.9 Å². The minimum Gasteiger partial charge on any atom is -0.618 e. The van der Waals surface area contributed by atoms with Gasteiger partial charge in [-0.25, -0.2) is 4.79 Å². The Balaban J connectivity index is 1.92. The Morgan fingerprint density at radius 1 is 1.07 bits per heavy atom. The van der Waals surface area contributed by atoms with Crippen LogP contribution in [-0.4, -0.2) is 16.8 Å². The van der Waals surface area contributed by atoms with Crippen molar-refractivity contribution in [3.8, 4) is 0 Å². The third-order valence-electron chi connectivity index (χ3n) is 4.21. The van der Waals surface area contributed by atoms with Gasteiger partial charge in [0.1, 0.15) is 5.69 Å². The van der Waals surface area contributed by atoms with Gasteiger partial charge in [-0.3, -0.25) is 14.9 Å². The predicted molar refractivity (Wildman–Crippen MR) is 106 cm³/mol. The van der Waals surface area contributed by atoms with E-state index < -0.39 is 22.9 Å². The lowest BCUT2D eigenvalue weighted by Gasteiger charge is -2.18. The van der Waals surface area contributed by atoms with Crippen LogP contribution in [0.3, 0.4) is 0 Å². The summed E-state index contributed by atoms with van der Waals surface area (Å²) in [5, 5.41) is 25.6. The van der Waals surface area contributed by atoms with Crippen LogP contribution in [0.5, 0.6) is 0 Å². The second-order valence-corrected chi connectivity index (χ2v) is 6.37. The number of anilines is 1. The summed E-state index contributed by atoms with van der Waals surface area (Å²) in [6, 6.07) is 16.7. The van der Waals surface area contributed by atoms with Gasteiger partial charge in [0, 0.05) is 23.8 Å². The van der Waals surface area contributed by atoms with Crippen molar-refractivity contribution >= 4 is 23.3 Å². The number of carbonyl (C=O) groups is 2. The molecule has 1 heterocycles. The first-order valence-electron chi connectivity index (χ1n) is 8.87. The van der Waals surface area contributed by atoms with Crippen molar-refractivity contribution in [1.82, 2.24) is 0 Å². The molecule has 30 heavy (non-hydrogen) atoms. The second-order valence-electron chi connectivity index (χ2n) is 6.37. The molecule has 3 rings (SSSR count). The first kappa shape index (κ1) is 20.5. The van der Waals surface area contributed by atoms with Gasteiger partial charge in [0.05, 0.1) is 4.92 Å². The molecule has 0 spiro atoms. The zero-order valence-electron chi connectivity index (χ0n) is 15.8. The van der Waals surface area contributed by atoms with Gasteiger partial charge >= 0.3 is 11.7 Å². The molecule has 1 atom stereocenters. The van der Waals surface area contributed by atoms with E-state index in [9.17, 15) is 24.9 Å². The average molecular weight is 407 g/mol. The van der Waals surface area contributed by atoms with Crippen molar-refractivity contribution in [3.63, 3.8) is 0 Å². The van der Waals surface area contributed by atoms with Crippen LogP contribution in [0.1, 0.15) is 27.7 Å². The molecule has 0 aliphatic carbocycles. The number of hydrogen-bond acceptors (Lipinski definition) is 6. The summed E-state index contributed by atoms with van der Waals surface area (Å²) in [6.07, 6.45) is -0.302. The number of aromatic nitrogens is 1.